The molecule has 24 heavy (non-hydrogen) atoms. The second-order valence-corrected chi connectivity index (χ2v) is 6.18. The fourth-order valence-corrected chi connectivity index (χ4v) is 3.47. The SMILES string of the molecule is N#Cc1cn(CC(=O)Nc2ccc3c(c2)CCC3)c2ccccc12. The first-order valence-corrected chi connectivity index (χ1v) is 8.14. The largest absolute Gasteiger partial charge is 0.337 e. The fourth-order valence-electron chi connectivity index (χ4n) is 3.47. The monoisotopic (exact) mass is 315 g/mol. The maximum atomic E-state index is 12.4. The summed E-state index contributed by atoms with van der Waals surface area (Å²) in [4.78, 5) is 12.4. The molecule has 0 fully saturated rings. The lowest BCUT2D eigenvalue weighted by Crippen LogP contribution is -2.18. The molecule has 1 aromatic heterocycles. The first-order chi connectivity index (χ1) is 11.7. The van der Waals surface area contributed by atoms with E-state index in [4.69, 9.17) is 0 Å². The van der Waals surface area contributed by atoms with Crippen molar-refractivity contribution in [3.8, 4) is 6.07 Å². The Morgan fingerprint density at radius 3 is 2.88 bits per heavy atom. The van der Waals surface area contributed by atoms with Gasteiger partial charge in [0.25, 0.3) is 0 Å². The molecule has 1 amide bonds. The van der Waals surface area contributed by atoms with Gasteiger partial charge in [-0.05, 0) is 48.6 Å². The molecule has 1 aliphatic carbocycles. The van der Waals surface area contributed by atoms with Crippen LogP contribution in [-0.2, 0) is 24.2 Å². The van der Waals surface area contributed by atoms with Gasteiger partial charge in [0, 0.05) is 22.8 Å². The van der Waals surface area contributed by atoms with E-state index in [-0.39, 0.29) is 12.5 Å². The second kappa shape index (κ2) is 5.86. The molecule has 0 saturated carbocycles. The maximum Gasteiger partial charge on any atom is 0.244 e. The number of hydrogen-bond donors (Lipinski definition) is 1. The van der Waals surface area contributed by atoms with Crippen LogP contribution in [0.25, 0.3) is 10.9 Å². The minimum atomic E-state index is -0.0850. The zero-order valence-corrected chi connectivity index (χ0v) is 13.2. The van der Waals surface area contributed by atoms with Crippen molar-refractivity contribution >= 4 is 22.5 Å². The Labute approximate surface area is 140 Å². The molecule has 0 atom stereocenters. The predicted octanol–water partition coefficient (Wildman–Crippen LogP) is 3.64. The number of rotatable bonds is 3. The Kier molecular flexibility index (Phi) is 3.55. The Balaban J connectivity index is 1.56. The normalized spacial score (nSPS) is 12.8. The van der Waals surface area contributed by atoms with Crippen LogP contribution in [0.2, 0.25) is 0 Å². The van der Waals surface area contributed by atoms with Crippen LogP contribution in [0.1, 0.15) is 23.1 Å². The Bertz CT molecular complexity index is 978. The average Bonchev–Trinajstić information content (AvgIpc) is 3.19. The first-order valence-electron chi connectivity index (χ1n) is 8.14. The van der Waals surface area contributed by atoms with Gasteiger partial charge in [-0.1, -0.05) is 24.3 Å². The van der Waals surface area contributed by atoms with E-state index in [0.717, 1.165) is 29.4 Å². The molecular formula is C20H17N3O. The molecule has 0 radical (unpaired) electrons. The van der Waals surface area contributed by atoms with E-state index in [9.17, 15) is 10.1 Å². The van der Waals surface area contributed by atoms with E-state index >= 15 is 0 Å². The summed E-state index contributed by atoms with van der Waals surface area (Å²) < 4.78 is 1.83. The molecule has 0 bridgehead atoms. The zero-order chi connectivity index (χ0) is 16.5. The maximum absolute atomic E-state index is 12.4. The number of nitriles is 1. The molecular weight excluding hydrogens is 298 g/mol. The van der Waals surface area contributed by atoms with Gasteiger partial charge in [-0.2, -0.15) is 5.26 Å². The van der Waals surface area contributed by atoms with Gasteiger partial charge < -0.3 is 9.88 Å². The number of nitrogens with zero attached hydrogens (tertiary/aromatic N) is 2. The number of anilines is 1. The number of hydrogen-bond acceptors (Lipinski definition) is 2. The van der Waals surface area contributed by atoms with Gasteiger partial charge in [0.1, 0.15) is 12.6 Å². The van der Waals surface area contributed by atoms with E-state index in [0.29, 0.717) is 5.56 Å². The quantitative estimate of drug-likeness (QED) is 0.802. The van der Waals surface area contributed by atoms with Gasteiger partial charge in [-0.25, -0.2) is 0 Å². The van der Waals surface area contributed by atoms with E-state index in [1.165, 1.54) is 17.5 Å². The highest BCUT2D eigenvalue weighted by Crippen LogP contribution is 2.25. The van der Waals surface area contributed by atoms with Crippen LogP contribution < -0.4 is 5.32 Å². The van der Waals surface area contributed by atoms with E-state index in [1.54, 1.807) is 6.20 Å². The third kappa shape index (κ3) is 2.55. The summed E-state index contributed by atoms with van der Waals surface area (Å²) in [6, 6.07) is 16.0. The van der Waals surface area contributed by atoms with Crippen molar-refractivity contribution in [3.05, 3.63) is 65.4 Å². The highest BCUT2D eigenvalue weighted by atomic mass is 16.1. The zero-order valence-electron chi connectivity index (χ0n) is 13.2. The van der Waals surface area contributed by atoms with Crippen LogP contribution in [0.4, 0.5) is 5.69 Å². The van der Waals surface area contributed by atoms with Crippen LogP contribution in [0.3, 0.4) is 0 Å². The topological polar surface area (TPSA) is 57.8 Å². The van der Waals surface area contributed by atoms with Gasteiger partial charge in [0.15, 0.2) is 0 Å². The summed E-state index contributed by atoms with van der Waals surface area (Å²) >= 11 is 0. The van der Waals surface area contributed by atoms with Crippen molar-refractivity contribution in [2.24, 2.45) is 0 Å². The number of amides is 1. The van der Waals surface area contributed by atoms with Crippen molar-refractivity contribution in [2.75, 3.05) is 5.32 Å². The predicted molar refractivity (Wildman–Crippen MR) is 93.7 cm³/mol. The standard InChI is InChI=1S/C20H17N3O/c21-11-16-12-23(19-7-2-1-6-18(16)19)13-20(24)22-17-9-8-14-4-3-5-15(14)10-17/h1-2,6-10,12H,3-5,13H2,(H,22,24). The number of aromatic nitrogens is 1. The van der Waals surface area contributed by atoms with Gasteiger partial charge in [-0.15, -0.1) is 0 Å². The van der Waals surface area contributed by atoms with E-state index in [2.05, 4.69) is 23.5 Å². The Hall–Kier alpha value is -3.06. The summed E-state index contributed by atoms with van der Waals surface area (Å²) in [6.45, 7) is 0.194. The van der Waals surface area contributed by atoms with Crippen molar-refractivity contribution in [3.63, 3.8) is 0 Å². The summed E-state index contributed by atoms with van der Waals surface area (Å²) in [6.07, 6.45) is 5.16. The molecule has 2 aromatic carbocycles. The highest BCUT2D eigenvalue weighted by molar-refractivity contribution is 5.93. The van der Waals surface area contributed by atoms with Crippen molar-refractivity contribution in [2.45, 2.75) is 25.8 Å². The molecule has 1 aliphatic rings. The van der Waals surface area contributed by atoms with Gasteiger partial charge >= 0.3 is 0 Å². The van der Waals surface area contributed by atoms with Crippen LogP contribution in [0.15, 0.2) is 48.7 Å². The average molecular weight is 315 g/mol. The Morgan fingerprint density at radius 2 is 2.00 bits per heavy atom. The molecule has 1 heterocycles. The van der Waals surface area contributed by atoms with Crippen LogP contribution in [0, 0.1) is 11.3 Å². The van der Waals surface area contributed by atoms with Crippen LogP contribution in [0.5, 0.6) is 0 Å². The van der Waals surface area contributed by atoms with E-state index in [1.807, 2.05) is 34.9 Å². The molecule has 4 rings (SSSR count). The third-order valence-corrected chi connectivity index (χ3v) is 4.61. The number of nitrogens with one attached hydrogen (secondary N) is 1. The molecule has 0 aliphatic heterocycles. The number of aryl methyl sites for hydroxylation is 2. The smallest absolute Gasteiger partial charge is 0.244 e. The minimum absolute atomic E-state index is 0.0850. The lowest BCUT2D eigenvalue weighted by atomic mass is 10.1. The number of carbonyl (C=O) groups excluding carboxylic acids is 1. The number of para-hydroxylation sites is 1. The first kappa shape index (κ1) is 14.5. The molecule has 3 aromatic rings. The van der Waals surface area contributed by atoms with E-state index < -0.39 is 0 Å². The highest BCUT2D eigenvalue weighted by Gasteiger charge is 2.13. The van der Waals surface area contributed by atoms with Crippen molar-refractivity contribution < 1.29 is 4.79 Å². The molecule has 4 heteroatoms. The second-order valence-electron chi connectivity index (χ2n) is 6.18. The number of benzene rings is 2. The molecule has 0 saturated heterocycles. The molecule has 0 spiro atoms. The number of fused-ring (bicyclic) bond motifs is 2. The molecule has 1 N–H and O–H groups in total. The Morgan fingerprint density at radius 1 is 1.17 bits per heavy atom. The lowest BCUT2D eigenvalue weighted by Gasteiger charge is -2.09. The van der Waals surface area contributed by atoms with Gasteiger partial charge in [-0.3, -0.25) is 4.79 Å². The third-order valence-electron chi connectivity index (χ3n) is 4.61. The summed E-state index contributed by atoms with van der Waals surface area (Å²) in [5.41, 5.74) is 5.07. The fraction of sp³-hybridized carbons (Fsp3) is 0.200. The van der Waals surface area contributed by atoms with Crippen molar-refractivity contribution in [1.29, 1.82) is 5.26 Å². The molecule has 4 nitrogen and oxygen atoms in total. The minimum Gasteiger partial charge on any atom is -0.337 e. The number of carbonyl (C=O) groups is 1. The summed E-state index contributed by atoms with van der Waals surface area (Å²) in [7, 11) is 0. The van der Waals surface area contributed by atoms with Crippen LogP contribution in [-0.4, -0.2) is 10.5 Å². The van der Waals surface area contributed by atoms with Gasteiger partial charge in [0.2, 0.25) is 5.91 Å². The lowest BCUT2D eigenvalue weighted by molar-refractivity contribution is -0.116. The summed E-state index contributed by atoms with van der Waals surface area (Å²) in [5, 5.41) is 13.1. The molecule has 0 unspecified atom stereocenters. The van der Waals surface area contributed by atoms with Crippen molar-refractivity contribution in [1.82, 2.24) is 4.57 Å². The van der Waals surface area contributed by atoms with Crippen LogP contribution >= 0.6 is 0 Å². The molecule has 118 valence electrons. The summed E-state index contributed by atoms with van der Waals surface area (Å²) in [5.74, 6) is -0.0850. The van der Waals surface area contributed by atoms with Gasteiger partial charge in [0.05, 0.1) is 5.56 Å².